The number of anilines is 3. The maximum atomic E-state index is 2.55. The minimum Gasteiger partial charge on any atom is -0.310 e. The predicted octanol–water partition coefficient (Wildman–Crippen LogP) is 15.8. The fourth-order valence-electron chi connectivity index (χ4n) is 11.8. The molecular weight excluding hydrogens is 759 g/mol. The monoisotopic (exact) mass is 799 g/mol. The third-order valence-corrected chi connectivity index (χ3v) is 14.2. The van der Waals surface area contributed by atoms with Crippen molar-refractivity contribution >= 4 is 17.1 Å². The van der Waals surface area contributed by atoms with Crippen molar-refractivity contribution in [2.24, 2.45) is 0 Å². The van der Waals surface area contributed by atoms with Crippen molar-refractivity contribution in [3.05, 3.63) is 282 Å². The molecule has 10 aromatic rings. The van der Waals surface area contributed by atoms with Gasteiger partial charge < -0.3 is 4.90 Å². The van der Waals surface area contributed by atoms with Gasteiger partial charge in [0.25, 0.3) is 0 Å². The van der Waals surface area contributed by atoms with E-state index < -0.39 is 10.8 Å². The summed E-state index contributed by atoms with van der Waals surface area (Å²) >= 11 is 0. The van der Waals surface area contributed by atoms with E-state index >= 15 is 0 Å². The Morgan fingerprint density at radius 1 is 0.206 bits per heavy atom. The van der Waals surface area contributed by atoms with Crippen LogP contribution in [0.5, 0.6) is 0 Å². The number of fused-ring (bicyclic) bond motifs is 9. The molecule has 0 saturated heterocycles. The summed E-state index contributed by atoms with van der Waals surface area (Å²) in [5.41, 5.74) is 22.6. The normalized spacial score (nSPS) is 17.0. The van der Waals surface area contributed by atoms with Gasteiger partial charge in [-0.2, -0.15) is 0 Å². The molecule has 0 N–H and O–H groups in total. The van der Waals surface area contributed by atoms with E-state index in [2.05, 4.69) is 254 Å². The van der Waals surface area contributed by atoms with Gasteiger partial charge >= 0.3 is 0 Å². The van der Waals surface area contributed by atoms with E-state index in [0.717, 1.165) is 17.1 Å². The van der Waals surface area contributed by atoms with Gasteiger partial charge in [-0.1, -0.05) is 212 Å². The van der Waals surface area contributed by atoms with Crippen LogP contribution < -0.4 is 4.90 Å². The fourth-order valence-corrected chi connectivity index (χ4v) is 11.8. The second-order valence-electron chi connectivity index (χ2n) is 17.1. The zero-order chi connectivity index (χ0) is 41.5. The van der Waals surface area contributed by atoms with Crippen molar-refractivity contribution in [1.82, 2.24) is 0 Å². The van der Waals surface area contributed by atoms with Gasteiger partial charge in [0, 0.05) is 17.1 Å². The minimum absolute atomic E-state index is 0.593. The van der Waals surface area contributed by atoms with Gasteiger partial charge in [0.2, 0.25) is 0 Å². The molecule has 0 fully saturated rings. The first-order valence-electron chi connectivity index (χ1n) is 22.0. The summed E-state index contributed by atoms with van der Waals surface area (Å²) in [5, 5.41) is 0. The van der Waals surface area contributed by atoms with E-state index in [9.17, 15) is 0 Å². The molecule has 0 aliphatic heterocycles. The van der Waals surface area contributed by atoms with Crippen molar-refractivity contribution < 1.29 is 0 Å². The van der Waals surface area contributed by atoms with Crippen molar-refractivity contribution in [1.29, 1.82) is 0 Å². The van der Waals surface area contributed by atoms with Gasteiger partial charge in [0.05, 0.1) is 10.8 Å². The molecule has 3 aliphatic carbocycles. The molecule has 0 unspecified atom stereocenters. The van der Waals surface area contributed by atoms with Crippen molar-refractivity contribution in [3.63, 3.8) is 0 Å². The Morgan fingerprint density at radius 3 is 0.841 bits per heavy atom. The zero-order valence-electron chi connectivity index (χ0n) is 34.6. The van der Waals surface area contributed by atoms with E-state index in [1.54, 1.807) is 0 Å². The predicted molar refractivity (Wildman–Crippen MR) is 261 cm³/mol. The summed E-state index contributed by atoms with van der Waals surface area (Å²) in [6.07, 6.45) is 0. The van der Waals surface area contributed by atoms with Crippen LogP contribution >= 0.6 is 0 Å². The highest BCUT2D eigenvalue weighted by Gasteiger charge is 2.66. The Morgan fingerprint density at radius 2 is 0.476 bits per heavy atom. The Balaban J connectivity index is 1.14. The van der Waals surface area contributed by atoms with Crippen LogP contribution in [-0.4, -0.2) is 0 Å². The third kappa shape index (κ3) is 4.88. The maximum absolute atomic E-state index is 2.55. The molecule has 0 aromatic heterocycles. The van der Waals surface area contributed by atoms with Crippen molar-refractivity contribution in [3.8, 4) is 55.6 Å². The fraction of sp³-hybridized carbons (Fsp3) is 0.0323. The highest BCUT2D eigenvalue weighted by atomic mass is 15.1. The first kappa shape index (κ1) is 35.7. The number of nitrogens with zero attached hydrogens (tertiary/aromatic N) is 1. The molecule has 0 radical (unpaired) electrons. The van der Waals surface area contributed by atoms with Crippen LogP contribution in [-0.2, 0) is 10.8 Å². The van der Waals surface area contributed by atoms with Gasteiger partial charge in [-0.3, -0.25) is 0 Å². The minimum atomic E-state index is -0.636. The van der Waals surface area contributed by atoms with Gasteiger partial charge in [0.1, 0.15) is 0 Å². The lowest BCUT2D eigenvalue weighted by Crippen LogP contribution is -2.58. The van der Waals surface area contributed by atoms with E-state index in [1.807, 2.05) is 0 Å². The van der Waals surface area contributed by atoms with Crippen molar-refractivity contribution in [2.75, 3.05) is 4.90 Å². The van der Waals surface area contributed by atoms with Crippen LogP contribution in [0.15, 0.2) is 249 Å². The second-order valence-corrected chi connectivity index (χ2v) is 17.1. The molecule has 0 spiro atoms. The van der Waals surface area contributed by atoms with E-state index in [1.165, 1.54) is 89.0 Å². The lowest BCUT2D eigenvalue weighted by atomic mass is 9.38. The van der Waals surface area contributed by atoms with E-state index in [4.69, 9.17) is 0 Å². The van der Waals surface area contributed by atoms with Gasteiger partial charge in [-0.05, 0) is 125 Å². The highest BCUT2D eigenvalue weighted by molar-refractivity contribution is 5.99. The van der Waals surface area contributed by atoms with Crippen LogP contribution in [0.25, 0.3) is 55.6 Å². The quantitative estimate of drug-likeness (QED) is 0.168. The van der Waals surface area contributed by atoms with Gasteiger partial charge in [-0.15, -0.1) is 0 Å². The molecule has 0 bridgehead atoms. The third-order valence-electron chi connectivity index (χ3n) is 14.2. The van der Waals surface area contributed by atoms with Crippen LogP contribution in [0, 0.1) is 0 Å². The molecule has 63 heavy (non-hydrogen) atoms. The topological polar surface area (TPSA) is 3.24 Å². The molecule has 0 amide bonds. The summed E-state index contributed by atoms with van der Waals surface area (Å²) in [7, 11) is 0. The largest absolute Gasteiger partial charge is 0.310 e. The average molecular weight is 800 g/mol. The smallest absolute Gasteiger partial charge is 0.0648 e. The number of benzene rings is 10. The molecule has 1 heteroatoms. The standard InChI is InChI=1S/C62H41N/c1-3-17-42(18-4-1)44-31-35-46(36-32-44)63(47-37-33-45(34-38-47)43-19-5-2-6-20-43)48-39-40-54-53-25-11-14-28-57(53)61-55-26-12-7-21-49(55)51-23-9-15-29-58(51)62(61,60(54)41-48)59-30-16-10-24-52(59)50-22-8-13-27-56(50)61/h1-41H. The van der Waals surface area contributed by atoms with E-state index in [0.29, 0.717) is 0 Å². The summed E-state index contributed by atoms with van der Waals surface area (Å²) in [5.74, 6) is 0. The maximum Gasteiger partial charge on any atom is 0.0648 e. The Bertz CT molecular complexity index is 3210. The zero-order valence-corrected chi connectivity index (χ0v) is 34.6. The summed E-state index contributed by atoms with van der Waals surface area (Å²) in [6, 6.07) is 93.1. The molecule has 13 rings (SSSR count). The molecule has 294 valence electrons. The first-order valence-corrected chi connectivity index (χ1v) is 22.0. The number of hydrogen-bond acceptors (Lipinski definition) is 1. The second kappa shape index (κ2) is 13.8. The lowest BCUT2D eigenvalue weighted by Gasteiger charge is -2.62. The lowest BCUT2D eigenvalue weighted by molar-refractivity contribution is 0.405. The number of hydrogen-bond donors (Lipinski definition) is 0. The SMILES string of the molecule is c1ccc(-c2ccc(N(c3ccc(-c4ccccc4)cc3)c3ccc4c(c3)C35c6ccccc6-c6ccccc6C3(c3ccccc3-c3ccccc35)c3ccccc3-4)cc2)cc1. The van der Waals surface area contributed by atoms with Crippen molar-refractivity contribution in [2.45, 2.75) is 10.8 Å². The molecule has 0 atom stereocenters. The number of rotatable bonds is 5. The van der Waals surface area contributed by atoms with Crippen LogP contribution in [0.4, 0.5) is 17.1 Å². The van der Waals surface area contributed by atoms with Crippen LogP contribution in [0.1, 0.15) is 33.4 Å². The summed E-state index contributed by atoms with van der Waals surface area (Å²) in [4.78, 5) is 2.45. The molecule has 0 heterocycles. The average Bonchev–Trinajstić information content (AvgIpc) is 3.37. The first-order chi connectivity index (χ1) is 31.3. The molecule has 0 saturated carbocycles. The van der Waals surface area contributed by atoms with Gasteiger partial charge in [0.15, 0.2) is 0 Å². The van der Waals surface area contributed by atoms with Crippen LogP contribution in [0.2, 0.25) is 0 Å². The Labute approximate surface area is 368 Å². The highest BCUT2D eigenvalue weighted by Crippen LogP contribution is 2.73. The Hall–Kier alpha value is -8.00. The summed E-state index contributed by atoms with van der Waals surface area (Å²) < 4.78 is 0. The molecule has 10 aromatic carbocycles. The molecular formula is C62H41N. The van der Waals surface area contributed by atoms with Gasteiger partial charge in [-0.25, -0.2) is 0 Å². The summed E-state index contributed by atoms with van der Waals surface area (Å²) in [6.45, 7) is 0. The molecule has 3 aliphatic rings. The van der Waals surface area contributed by atoms with E-state index in [-0.39, 0.29) is 0 Å². The molecule has 1 nitrogen and oxygen atoms in total. The Kier molecular flexibility index (Phi) is 7.80. The van der Waals surface area contributed by atoms with Crippen LogP contribution in [0.3, 0.4) is 0 Å².